The molecule has 6 nitrogen and oxygen atoms in total. The molecule has 2 aromatic carbocycles. The number of nitrogens with zero attached hydrogens (tertiary/aromatic N) is 4. The van der Waals surface area contributed by atoms with Crippen molar-refractivity contribution in [1.82, 2.24) is 19.4 Å². The van der Waals surface area contributed by atoms with Gasteiger partial charge in [0.05, 0.1) is 16.7 Å². The number of aldehydes is 1. The number of hydrogen-bond donors (Lipinski definition) is 0. The summed E-state index contributed by atoms with van der Waals surface area (Å²) in [6.45, 7) is 2.86. The number of benzene rings is 2. The van der Waals surface area contributed by atoms with Crippen LogP contribution in [0.4, 0.5) is 0 Å². The molecule has 2 aromatic heterocycles. The maximum absolute atomic E-state index is 10.6. The number of likely N-dealkylation sites (tertiary alicyclic amines) is 1. The largest absolute Gasteiger partial charge is 0.457 e. The van der Waals surface area contributed by atoms with Gasteiger partial charge < -0.3 is 14.2 Å². The topological polar surface area (TPSA) is 60.2 Å². The fourth-order valence-electron chi connectivity index (χ4n) is 4.45. The van der Waals surface area contributed by atoms with Crippen LogP contribution in [0.3, 0.4) is 0 Å². The SMILES string of the molecule is O=CC=CN1CCC(Cn2ccc3ncnc(-c4cccc(Oc5ccccc5)c4)c32)CC1. The number of carbonyl (C=O) groups is 1. The lowest BCUT2D eigenvalue weighted by molar-refractivity contribution is -0.104. The van der Waals surface area contributed by atoms with E-state index in [0.717, 1.165) is 72.6 Å². The van der Waals surface area contributed by atoms with Gasteiger partial charge in [0, 0.05) is 37.6 Å². The quantitative estimate of drug-likeness (QED) is 0.289. The minimum absolute atomic E-state index is 0.572. The summed E-state index contributed by atoms with van der Waals surface area (Å²) in [6, 6.07) is 19.9. The third-order valence-electron chi connectivity index (χ3n) is 6.12. The van der Waals surface area contributed by atoms with Crippen molar-refractivity contribution in [3.05, 3.63) is 85.5 Å². The molecular formula is C27H26N4O2. The summed E-state index contributed by atoms with van der Waals surface area (Å²) in [5.74, 6) is 2.15. The Morgan fingerprint density at radius 3 is 2.61 bits per heavy atom. The van der Waals surface area contributed by atoms with Gasteiger partial charge in [0.15, 0.2) is 0 Å². The van der Waals surface area contributed by atoms with E-state index in [1.807, 2.05) is 54.7 Å². The first kappa shape index (κ1) is 20.9. The highest BCUT2D eigenvalue weighted by Gasteiger charge is 2.20. The van der Waals surface area contributed by atoms with Crippen LogP contribution in [0.2, 0.25) is 0 Å². The van der Waals surface area contributed by atoms with Gasteiger partial charge in [-0.25, -0.2) is 9.97 Å². The lowest BCUT2D eigenvalue weighted by atomic mass is 9.97. The number of para-hydroxylation sites is 1. The number of allylic oxidation sites excluding steroid dienone is 1. The van der Waals surface area contributed by atoms with Crippen molar-refractivity contribution in [2.24, 2.45) is 5.92 Å². The molecule has 0 aliphatic carbocycles. The van der Waals surface area contributed by atoms with Gasteiger partial charge in [-0.2, -0.15) is 0 Å². The molecule has 1 aliphatic rings. The van der Waals surface area contributed by atoms with Crippen molar-refractivity contribution in [3.8, 4) is 22.8 Å². The van der Waals surface area contributed by atoms with Crippen LogP contribution in [0.25, 0.3) is 22.3 Å². The molecule has 1 saturated heterocycles. The first-order chi connectivity index (χ1) is 16.3. The Kier molecular flexibility index (Phi) is 6.15. The molecule has 1 aliphatic heterocycles. The van der Waals surface area contributed by atoms with Crippen LogP contribution in [0, 0.1) is 5.92 Å². The summed E-state index contributed by atoms with van der Waals surface area (Å²) in [4.78, 5) is 21.9. The van der Waals surface area contributed by atoms with Gasteiger partial charge in [-0.05, 0) is 55.2 Å². The van der Waals surface area contributed by atoms with Gasteiger partial charge in [-0.1, -0.05) is 30.3 Å². The molecule has 0 saturated carbocycles. The molecule has 33 heavy (non-hydrogen) atoms. The van der Waals surface area contributed by atoms with Crippen LogP contribution in [0.1, 0.15) is 12.8 Å². The molecule has 0 atom stereocenters. The molecular weight excluding hydrogens is 412 g/mol. The van der Waals surface area contributed by atoms with E-state index in [1.54, 1.807) is 12.4 Å². The van der Waals surface area contributed by atoms with Crippen LogP contribution < -0.4 is 4.74 Å². The standard InChI is InChI=1S/C27H26N4O2/c32-17-5-13-30-14-10-21(11-15-30)19-31-16-12-25-27(31)26(29-20-28-25)22-6-4-9-24(18-22)33-23-7-2-1-3-8-23/h1-9,12-13,16-18,20-21H,10-11,14-15,19H2. The Labute approximate surface area is 193 Å². The maximum atomic E-state index is 10.6. The summed E-state index contributed by atoms with van der Waals surface area (Å²) in [7, 11) is 0. The first-order valence-corrected chi connectivity index (χ1v) is 11.3. The van der Waals surface area contributed by atoms with Gasteiger partial charge in [-0.3, -0.25) is 4.79 Å². The molecule has 5 rings (SSSR count). The zero-order chi connectivity index (χ0) is 22.5. The minimum Gasteiger partial charge on any atom is -0.457 e. The molecule has 0 bridgehead atoms. The Balaban J connectivity index is 1.39. The number of ether oxygens (including phenoxy) is 1. The van der Waals surface area contributed by atoms with Gasteiger partial charge in [0.25, 0.3) is 0 Å². The highest BCUT2D eigenvalue weighted by Crippen LogP contribution is 2.31. The summed E-state index contributed by atoms with van der Waals surface area (Å²) in [5, 5.41) is 0. The summed E-state index contributed by atoms with van der Waals surface area (Å²) < 4.78 is 8.33. The molecule has 6 heteroatoms. The number of aromatic nitrogens is 3. The Morgan fingerprint density at radius 1 is 0.970 bits per heavy atom. The average molecular weight is 439 g/mol. The highest BCUT2D eigenvalue weighted by atomic mass is 16.5. The third-order valence-corrected chi connectivity index (χ3v) is 6.12. The number of hydrogen-bond acceptors (Lipinski definition) is 5. The number of piperidine rings is 1. The predicted octanol–water partition coefficient (Wildman–Crippen LogP) is 5.32. The van der Waals surface area contributed by atoms with E-state index in [0.29, 0.717) is 5.92 Å². The maximum Gasteiger partial charge on any atom is 0.144 e. The zero-order valence-electron chi connectivity index (χ0n) is 18.4. The van der Waals surface area contributed by atoms with E-state index in [2.05, 4.69) is 37.8 Å². The second kappa shape index (κ2) is 9.69. The second-order valence-corrected chi connectivity index (χ2v) is 8.32. The zero-order valence-corrected chi connectivity index (χ0v) is 18.4. The molecule has 0 amide bonds. The van der Waals surface area contributed by atoms with E-state index in [4.69, 9.17) is 4.74 Å². The van der Waals surface area contributed by atoms with E-state index < -0.39 is 0 Å². The van der Waals surface area contributed by atoms with Crippen molar-refractivity contribution >= 4 is 17.3 Å². The number of carbonyl (C=O) groups excluding carboxylic acids is 1. The van der Waals surface area contributed by atoms with Crippen LogP contribution in [-0.2, 0) is 11.3 Å². The fraction of sp³-hybridized carbons (Fsp3) is 0.222. The highest BCUT2D eigenvalue weighted by molar-refractivity contribution is 5.90. The van der Waals surface area contributed by atoms with Crippen molar-refractivity contribution in [1.29, 1.82) is 0 Å². The number of fused-ring (bicyclic) bond motifs is 1. The lowest BCUT2D eigenvalue weighted by Gasteiger charge is -2.31. The van der Waals surface area contributed by atoms with E-state index in [1.165, 1.54) is 0 Å². The lowest BCUT2D eigenvalue weighted by Crippen LogP contribution is -2.31. The Morgan fingerprint density at radius 2 is 1.79 bits per heavy atom. The van der Waals surface area contributed by atoms with Crippen molar-refractivity contribution in [2.75, 3.05) is 13.1 Å². The second-order valence-electron chi connectivity index (χ2n) is 8.32. The summed E-state index contributed by atoms with van der Waals surface area (Å²) >= 11 is 0. The monoisotopic (exact) mass is 438 g/mol. The van der Waals surface area contributed by atoms with Crippen molar-refractivity contribution < 1.29 is 9.53 Å². The van der Waals surface area contributed by atoms with Gasteiger partial charge >= 0.3 is 0 Å². The van der Waals surface area contributed by atoms with Crippen LogP contribution >= 0.6 is 0 Å². The molecule has 0 radical (unpaired) electrons. The molecule has 3 heterocycles. The van der Waals surface area contributed by atoms with E-state index >= 15 is 0 Å². The Bertz CT molecular complexity index is 1260. The van der Waals surface area contributed by atoms with E-state index in [9.17, 15) is 4.79 Å². The molecule has 166 valence electrons. The summed E-state index contributed by atoms with van der Waals surface area (Å²) in [6.07, 6.45) is 10.2. The summed E-state index contributed by atoms with van der Waals surface area (Å²) in [5.41, 5.74) is 3.91. The van der Waals surface area contributed by atoms with Crippen molar-refractivity contribution in [3.63, 3.8) is 0 Å². The fourth-order valence-corrected chi connectivity index (χ4v) is 4.45. The normalized spacial score (nSPS) is 14.7. The van der Waals surface area contributed by atoms with Crippen LogP contribution in [0.15, 0.2) is 85.5 Å². The number of rotatable bonds is 7. The minimum atomic E-state index is 0.572. The van der Waals surface area contributed by atoms with Crippen LogP contribution in [0.5, 0.6) is 11.5 Å². The molecule has 0 unspecified atom stereocenters. The molecule has 4 aromatic rings. The molecule has 0 spiro atoms. The van der Waals surface area contributed by atoms with Crippen molar-refractivity contribution in [2.45, 2.75) is 19.4 Å². The van der Waals surface area contributed by atoms with Gasteiger partial charge in [-0.15, -0.1) is 0 Å². The van der Waals surface area contributed by atoms with Gasteiger partial charge in [0.1, 0.15) is 24.1 Å². The van der Waals surface area contributed by atoms with Crippen LogP contribution in [-0.4, -0.2) is 38.8 Å². The smallest absolute Gasteiger partial charge is 0.144 e. The first-order valence-electron chi connectivity index (χ1n) is 11.3. The average Bonchev–Trinajstić information content (AvgIpc) is 3.27. The van der Waals surface area contributed by atoms with E-state index in [-0.39, 0.29) is 0 Å². The Hall–Kier alpha value is -3.93. The molecule has 0 N–H and O–H groups in total. The molecule has 1 fully saturated rings. The van der Waals surface area contributed by atoms with Gasteiger partial charge in [0.2, 0.25) is 0 Å². The predicted molar refractivity (Wildman–Crippen MR) is 129 cm³/mol. The third kappa shape index (κ3) is 4.80.